The number of nitrogens with one attached hydrogen (secondary N) is 1. The number of nitrogens with two attached hydrogens (primary N) is 1. The molecule has 0 spiro atoms. The monoisotopic (exact) mass is 287 g/mol. The van der Waals surface area contributed by atoms with E-state index in [0.717, 1.165) is 5.56 Å². The van der Waals surface area contributed by atoms with Crippen LogP contribution in [0.15, 0.2) is 24.3 Å². The number of amides is 3. The SMILES string of the molecule is CC1(C(F)(F)F)NC(=O)N(c2ccc(CN)cc2)C1=O. The molecule has 1 heterocycles. The van der Waals surface area contributed by atoms with Crippen molar-refractivity contribution in [1.29, 1.82) is 0 Å². The zero-order valence-corrected chi connectivity index (χ0v) is 10.5. The summed E-state index contributed by atoms with van der Waals surface area (Å²) in [7, 11) is 0. The van der Waals surface area contributed by atoms with Gasteiger partial charge in [0.2, 0.25) is 5.54 Å². The van der Waals surface area contributed by atoms with Gasteiger partial charge in [0.1, 0.15) is 0 Å². The third kappa shape index (κ3) is 2.01. The maximum absolute atomic E-state index is 12.9. The molecule has 0 saturated carbocycles. The number of hydrogen-bond donors (Lipinski definition) is 2. The van der Waals surface area contributed by atoms with Gasteiger partial charge in [0.05, 0.1) is 5.69 Å². The number of urea groups is 1. The van der Waals surface area contributed by atoms with Crippen molar-refractivity contribution in [1.82, 2.24) is 5.32 Å². The Kier molecular flexibility index (Phi) is 3.21. The van der Waals surface area contributed by atoms with Crippen LogP contribution in [0.25, 0.3) is 0 Å². The molecule has 1 unspecified atom stereocenters. The predicted octanol–water partition coefficient (Wildman–Crippen LogP) is 1.52. The lowest BCUT2D eigenvalue weighted by Crippen LogP contribution is -2.56. The van der Waals surface area contributed by atoms with Crippen LogP contribution >= 0.6 is 0 Å². The van der Waals surface area contributed by atoms with Gasteiger partial charge >= 0.3 is 12.2 Å². The fourth-order valence-corrected chi connectivity index (χ4v) is 1.85. The quantitative estimate of drug-likeness (QED) is 0.810. The topological polar surface area (TPSA) is 75.4 Å². The van der Waals surface area contributed by atoms with Crippen molar-refractivity contribution in [2.45, 2.75) is 25.2 Å². The summed E-state index contributed by atoms with van der Waals surface area (Å²) in [5.41, 5.74) is 3.30. The summed E-state index contributed by atoms with van der Waals surface area (Å²) >= 11 is 0. The largest absolute Gasteiger partial charge is 0.420 e. The fourth-order valence-electron chi connectivity index (χ4n) is 1.85. The number of anilines is 1. The number of hydrogen-bond acceptors (Lipinski definition) is 3. The van der Waals surface area contributed by atoms with E-state index in [1.165, 1.54) is 12.1 Å². The third-order valence-corrected chi connectivity index (χ3v) is 3.19. The highest BCUT2D eigenvalue weighted by Crippen LogP contribution is 2.36. The van der Waals surface area contributed by atoms with Crippen molar-refractivity contribution < 1.29 is 22.8 Å². The Balaban J connectivity index is 2.38. The van der Waals surface area contributed by atoms with Gasteiger partial charge in [-0.3, -0.25) is 4.79 Å². The number of benzene rings is 1. The molecule has 0 aromatic heterocycles. The zero-order chi connectivity index (χ0) is 15.1. The number of carbonyl (C=O) groups excluding carboxylic acids is 2. The highest BCUT2D eigenvalue weighted by atomic mass is 19.4. The molecule has 108 valence electrons. The van der Waals surface area contributed by atoms with E-state index in [2.05, 4.69) is 0 Å². The van der Waals surface area contributed by atoms with Crippen molar-refractivity contribution in [3.63, 3.8) is 0 Å². The van der Waals surface area contributed by atoms with Crippen LogP contribution in [0.2, 0.25) is 0 Å². The molecule has 20 heavy (non-hydrogen) atoms. The van der Waals surface area contributed by atoms with Crippen molar-refractivity contribution in [2.75, 3.05) is 4.90 Å². The van der Waals surface area contributed by atoms with Crippen LogP contribution in [0.5, 0.6) is 0 Å². The lowest BCUT2D eigenvalue weighted by molar-refractivity contribution is -0.187. The minimum absolute atomic E-state index is 0.0673. The molecule has 1 aromatic rings. The molecule has 1 saturated heterocycles. The molecule has 8 heteroatoms. The van der Waals surface area contributed by atoms with Gasteiger partial charge in [0.25, 0.3) is 5.91 Å². The second-order valence-electron chi connectivity index (χ2n) is 4.56. The fraction of sp³-hybridized carbons (Fsp3) is 0.333. The Bertz CT molecular complexity index is 556. The number of imide groups is 1. The van der Waals surface area contributed by atoms with Gasteiger partial charge in [-0.1, -0.05) is 12.1 Å². The molecule has 0 bridgehead atoms. The number of carbonyl (C=O) groups is 2. The van der Waals surface area contributed by atoms with Gasteiger partial charge in [-0.2, -0.15) is 13.2 Å². The number of halogens is 3. The summed E-state index contributed by atoms with van der Waals surface area (Å²) in [6.07, 6.45) is -4.87. The van der Waals surface area contributed by atoms with Crippen LogP contribution in [0.3, 0.4) is 0 Å². The molecule has 1 fully saturated rings. The molecule has 0 radical (unpaired) electrons. The van der Waals surface area contributed by atoms with Gasteiger partial charge < -0.3 is 11.1 Å². The molecule has 2 rings (SSSR count). The second kappa shape index (κ2) is 4.48. The molecule has 0 aliphatic carbocycles. The Hall–Kier alpha value is -2.09. The van der Waals surface area contributed by atoms with Crippen LogP contribution in [0, 0.1) is 0 Å². The third-order valence-electron chi connectivity index (χ3n) is 3.19. The summed E-state index contributed by atoms with van der Waals surface area (Å²) < 4.78 is 38.7. The zero-order valence-electron chi connectivity index (χ0n) is 10.5. The van der Waals surface area contributed by atoms with Crippen molar-refractivity contribution >= 4 is 17.6 Å². The maximum Gasteiger partial charge on any atom is 0.420 e. The minimum Gasteiger partial charge on any atom is -0.326 e. The molecular formula is C12H12F3N3O2. The molecule has 1 aromatic carbocycles. The normalized spacial score (nSPS) is 23.1. The van der Waals surface area contributed by atoms with E-state index in [1.807, 2.05) is 0 Å². The lowest BCUT2D eigenvalue weighted by Gasteiger charge is -2.24. The Labute approximate surface area is 112 Å². The highest BCUT2D eigenvalue weighted by molar-refractivity contribution is 6.23. The van der Waals surface area contributed by atoms with E-state index in [9.17, 15) is 22.8 Å². The Morgan fingerprint density at radius 3 is 2.20 bits per heavy atom. The molecule has 1 aliphatic heterocycles. The van der Waals surface area contributed by atoms with Crippen molar-refractivity contribution in [3.05, 3.63) is 29.8 Å². The average molecular weight is 287 g/mol. The van der Waals surface area contributed by atoms with Crippen LogP contribution in [-0.2, 0) is 11.3 Å². The van der Waals surface area contributed by atoms with Crippen LogP contribution in [-0.4, -0.2) is 23.7 Å². The summed E-state index contributed by atoms with van der Waals surface area (Å²) in [6, 6.07) is 4.73. The van der Waals surface area contributed by atoms with Crippen LogP contribution in [0.4, 0.5) is 23.7 Å². The second-order valence-corrected chi connectivity index (χ2v) is 4.56. The average Bonchev–Trinajstić information content (AvgIpc) is 2.61. The van der Waals surface area contributed by atoms with Gasteiger partial charge in [-0.25, -0.2) is 9.69 Å². The van der Waals surface area contributed by atoms with E-state index in [0.29, 0.717) is 11.8 Å². The van der Waals surface area contributed by atoms with Gasteiger partial charge in [-0.15, -0.1) is 0 Å². The maximum atomic E-state index is 12.9. The number of nitrogens with zero attached hydrogens (tertiary/aromatic N) is 1. The highest BCUT2D eigenvalue weighted by Gasteiger charge is 2.64. The molecule has 3 amide bonds. The van der Waals surface area contributed by atoms with Crippen LogP contribution in [0.1, 0.15) is 12.5 Å². The summed E-state index contributed by atoms with van der Waals surface area (Å²) in [5, 5.41) is 1.68. The van der Waals surface area contributed by atoms with Crippen molar-refractivity contribution in [3.8, 4) is 0 Å². The first kappa shape index (κ1) is 14.3. The Morgan fingerprint density at radius 1 is 1.25 bits per heavy atom. The van der Waals surface area contributed by atoms with Crippen LogP contribution < -0.4 is 16.0 Å². The first-order valence-corrected chi connectivity index (χ1v) is 5.73. The van der Waals surface area contributed by atoms with E-state index >= 15 is 0 Å². The molecular weight excluding hydrogens is 275 g/mol. The van der Waals surface area contributed by atoms with E-state index in [-0.39, 0.29) is 12.2 Å². The molecule has 5 nitrogen and oxygen atoms in total. The minimum atomic E-state index is -4.87. The predicted molar refractivity (Wildman–Crippen MR) is 64.8 cm³/mol. The summed E-state index contributed by atoms with van der Waals surface area (Å²) in [4.78, 5) is 24.1. The standard InChI is InChI=1S/C12H12F3N3O2/c1-11(12(13,14)15)9(19)18(10(20)17-11)8-4-2-7(6-16)3-5-8/h2-5H,6,16H2,1H3,(H,17,20). The Morgan fingerprint density at radius 2 is 1.80 bits per heavy atom. The first-order valence-electron chi connectivity index (χ1n) is 5.73. The van der Waals surface area contributed by atoms with E-state index < -0.39 is 23.7 Å². The molecule has 1 atom stereocenters. The first-order chi connectivity index (χ1) is 9.20. The summed E-state index contributed by atoms with van der Waals surface area (Å²) in [6.45, 7) is 0.891. The smallest absolute Gasteiger partial charge is 0.326 e. The lowest BCUT2D eigenvalue weighted by atomic mass is 10.0. The van der Waals surface area contributed by atoms with Crippen molar-refractivity contribution in [2.24, 2.45) is 5.73 Å². The summed E-state index contributed by atoms with van der Waals surface area (Å²) in [5.74, 6) is -1.35. The number of rotatable bonds is 2. The molecule has 1 aliphatic rings. The van der Waals surface area contributed by atoms with Gasteiger partial charge in [0, 0.05) is 6.54 Å². The molecule has 3 N–H and O–H groups in total. The van der Waals surface area contributed by atoms with Gasteiger partial charge in [0.15, 0.2) is 0 Å². The van der Waals surface area contributed by atoms with Gasteiger partial charge in [-0.05, 0) is 24.6 Å². The number of alkyl halides is 3. The van der Waals surface area contributed by atoms with E-state index in [4.69, 9.17) is 5.73 Å². The van der Waals surface area contributed by atoms with E-state index in [1.54, 1.807) is 17.4 Å².